The van der Waals surface area contributed by atoms with Gasteiger partial charge < -0.3 is 19.1 Å². The van der Waals surface area contributed by atoms with E-state index in [0.717, 1.165) is 25.2 Å². The van der Waals surface area contributed by atoms with Crippen molar-refractivity contribution in [1.29, 1.82) is 0 Å². The van der Waals surface area contributed by atoms with Crippen LogP contribution < -0.4 is 0 Å². The summed E-state index contributed by atoms with van der Waals surface area (Å²) in [6, 6.07) is 0. The van der Waals surface area contributed by atoms with Crippen LogP contribution in [0, 0.1) is 5.41 Å². The molecule has 0 unspecified atom stereocenters. The SMILES string of the molecule is COCCn1c(CN(C)CCCN2CCCC2)cnc1S(=O)(=O)CC(C)(C)C. The Morgan fingerprint density at radius 1 is 1.21 bits per heavy atom. The van der Waals surface area contributed by atoms with E-state index in [9.17, 15) is 8.42 Å². The minimum absolute atomic E-state index is 0.0785. The molecule has 162 valence electrons. The fourth-order valence-corrected chi connectivity index (χ4v) is 5.78. The molecule has 0 aromatic carbocycles. The number of aromatic nitrogens is 2. The van der Waals surface area contributed by atoms with Crippen LogP contribution in [0.2, 0.25) is 0 Å². The van der Waals surface area contributed by atoms with Gasteiger partial charge in [0, 0.05) is 20.2 Å². The Morgan fingerprint density at radius 2 is 1.89 bits per heavy atom. The van der Waals surface area contributed by atoms with E-state index in [4.69, 9.17) is 4.74 Å². The van der Waals surface area contributed by atoms with E-state index in [1.807, 2.05) is 25.3 Å². The Balaban J connectivity index is 2.05. The molecule has 1 fully saturated rings. The van der Waals surface area contributed by atoms with Crippen LogP contribution in [0.5, 0.6) is 0 Å². The molecule has 8 heteroatoms. The zero-order valence-electron chi connectivity index (χ0n) is 18.3. The van der Waals surface area contributed by atoms with Gasteiger partial charge in [-0.25, -0.2) is 13.4 Å². The standard InChI is InChI=1S/C20H38N4O3S/c1-20(2,3)17-28(25,26)19-21-15-18(24(19)13-14-27-5)16-22(4)9-8-12-23-10-6-7-11-23/h15H,6-14,16-17H2,1-5H3. The van der Waals surface area contributed by atoms with Crippen LogP contribution in [0.25, 0.3) is 0 Å². The molecule has 2 heterocycles. The van der Waals surface area contributed by atoms with Gasteiger partial charge in [0.15, 0.2) is 0 Å². The molecule has 0 radical (unpaired) electrons. The van der Waals surface area contributed by atoms with E-state index in [1.54, 1.807) is 13.3 Å². The van der Waals surface area contributed by atoms with Crippen molar-refractivity contribution in [3.8, 4) is 0 Å². The molecular weight excluding hydrogens is 376 g/mol. The van der Waals surface area contributed by atoms with Crippen LogP contribution in [-0.4, -0.2) is 80.5 Å². The largest absolute Gasteiger partial charge is 0.383 e. The molecule has 0 N–H and O–H groups in total. The zero-order chi connectivity index (χ0) is 20.8. The van der Waals surface area contributed by atoms with Gasteiger partial charge >= 0.3 is 0 Å². The van der Waals surface area contributed by atoms with Crippen molar-refractivity contribution in [2.45, 2.75) is 58.3 Å². The highest BCUT2D eigenvalue weighted by molar-refractivity contribution is 7.91. The molecule has 0 amide bonds. The lowest BCUT2D eigenvalue weighted by atomic mass is 10.0. The number of sulfone groups is 1. The topological polar surface area (TPSA) is 67.7 Å². The van der Waals surface area contributed by atoms with Gasteiger partial charge in [-0.2, -0.15) is 0 Å². The second-order valence-corrected chi connectivity index (χ2v) is 11.0. The van der Waals surface area contributed by atoms with E-state index in [1.165, 1.54) is 25.9 Å². The summed E-state index contributed by atoms with van der Waals surface area (Å²) in [7, 11) is 0.263. The van der Waals surface area contributed by atoms with Crippen LogP contribution in [0.4, 0.5) is 0 Å². The number of ether oxygens (including phenoxy) is 1. The van der Waals surface area contributed by atoms with Crippen LogP contribution in [0.1, 0.15) is 45.7 Å². The van der Waals surface area contributed by atoms with Crippen molar-refractivity contribution in [2.24, 2.45) is 5.41 Å². The maximum absolute atomic E-state index is 12.9. The first-order valence-electron chi connectivity index (χ1n) is 10.3. The number of methoxy groups -OCH3 is 1. The molecule has 0 bridgehead atoms. The van der Waals surface area contributed by atoms with E-state index < -0.39 is 9.84 Å². The van der Waals surface area contributed by atoms with Gasteiger partial charge in [-0.15, -0.1) is 0 Å². The maximum atomic E-state index is 12.9. The third-order valence-corrected chi connectivity index (χ3v) is 7.09. The van der Waals surface area contributed by atoms with Gasteiger partial charge in [0.05, 0.1) is 24.3 Å². The summed E-state index contributed by atoms with van der Waals surface area (Å²) in [6.45, 7) is 12.0. The third-order valence-electron chi connectivity index (χ3n) is 4.97. The van der Waals surface area contributed by atoms with Gasteiger partial charge in [-0.1, -0.05) is 20.8 Å². The lowest BCUT2D eigenvalue weighted by Gasteiger charge is -2.21. The molecule has 1 aliphatic heterocycles. The van der Waals surface area contributed by atoms with Crippen LogP contribution in [0.15, 0.2) is 11.4 Å². The number of hydrogen-bond acceptors (Lipinski definition) is 6. The summed E-state index contributed by atoms with van der Waals surface area (Å²) in [6.07, 6.45) is 5.47. The van der Waals surface area contributed by atoms with Crippen LogP contribution in [0.3, 0.4) is 0 Å². The first-order chi connectivity index (χ1) is 13.1. The molecule has 1 aromatic rings. The van der Waals surface area contributed by atoms with Crippen molar-refractivity contribution in [3.63, 3.8) is 0 Å². The highest BCUT2D eigenvalue weighted by Gasteiger charge is 2.29. The van der Waals surface area contributed by atoms with Crippen molar-refractivity contribution in [2.75, 3.05) is 52.7 Å². The number of rotatable bonds is 11. The average Bonchev–Trinajstić information content (AvgIpc) is 3.21. The summed E-state index contributed by atoms with van der Waals surface area (Å²) in [4.78, 5) is 9.07. The summed E-state index contributed by atoms with van der Waals surface area (Å²) in [5, 5.41) is 0.167. The summed E-state index contributed by atoms with van der Waals surface area (Å²) >= 11 is 0. The first-order valence-corrected chi connectivity index (χ1v) is 11.9. The van der Waals surface area contributed by atoms with Crippen molar-refractivity contribution in [1.82, 2.24) is 19.4 Å². The van der Waals surface area contributed by atoms with Crippen molar-refractivity contribution >= 4 is 9.84 Å². The van der Waals surface area contributed by atoms with Gasteiger partial charge in [-0.05, 0) is 57.9 Å². The predicted octanol–water partition coefficient (Wildman–Crippen LogP) is 2.27. The minimum Gasteiger partial charge on any atom is -0.383 e. The zero-order valence-corrected chi connectivity index (χ0v) is 19.1. The quantitative estimate of drug-likeness (QED) is 0.553. The highest BCUT2D eigenvalue weighted by Crippen LogP contribution is 2.22. The Bertz CT molecular complexity index is 704. The second-order valence-electron chi connectivity index (χ2n) is 9.14. The number of nitrogens with zero attached hydrogens (tertiary/aromatic N) is 4. The van der Waals surface area contributed by atoms with Crippen LogP contribution in [-0.2, 0) is 27.7 Å². The number of likely N-dealkylation sites (tertiary alicyclic amines) is 1. The fourth-order valence-electron chi connectivity index (χ4n) is 3.75. The lowest BCUT2D eigenvalue weighted by molar-refractivity contribution is 0.181. The van der Waals surface area contributed by atoms with E-state index >= 15 is 0 Å². The first kappa shape index (κ1) is 23.3. The smallest absolute Gasteiger partial charge is 0.227 e. The Hall–Kier alpha value is -0.960. The number of hydrogen-bond donors (Lipinski definition) is 0. The normalized spacial score (nSPS) is 16.4. The monoisotopic (exact) mass is 414 g/mol. The molecule has 1 aromatic heterocycles. The molecule has 7 nitrogen and oxygen atoms in total. The van der Waals surface area contributed by atoms with E-state index in [0.29, 0.717) is 19.7 Å². The fraction of sp³-hybridized carbons (Fsp3) is 0.850. The third kappa shape index (κ3) is 7.13. The molecule has 0 atom stereocenters. The molecule has 1 aliphatic rings. The van der Waals surface area contributed by atoms with Crippen LogP contribution >= 0.6 is 0 Å². The molecule has 0 saturated carbocycles. The summed E-state index contributed by atoms with van der Waals surface area (Å²) in [5.74, 6) is 0.0785. The number of imidazole rings is 1. The molecule has 1 saturated heterocycles. The highest BCUT2D eigenvalue weighted by atomic mass is 32.2. The maximum Gasteiger partial charge on any atom is 0.227 e. The molecule has 28 heavy (non-hydrogen) atoms. The Morgan fingerprint density at radius 3 is 2.50 bits per heavy atom. The average molecular weight is 415 g/mol. The van der Waals surface area contributed by atoms with E-state index in [2.05, 4.69) is 21.8 Å². The lowest BCUT2D eigenvalue weighted by Crippen LogP contribution is -2.28. The van der Waals surface area contributed by atoms with E-state index in [-0.39, 0.29) is 16.3 Å². The van der Waals surface area contributed by atoms with Crippen molar-refractivity contribution < 1.29 is 13.2 Å². The summed E-state index contributed by atoms with van der Waals surface area (Å²) < 4.78 is 32.8. The minimum atomic E-state index is -3.45. The van der Waals surface area contributed by atoms with Gasteiger partial charge in [0.25, 0.3) is 0 Å². The van der Waals surface area contributed by atoms with Gasteiger partial charge in [0.1, 0.15) is 0 Å². The van der Waals surface area contributed by atoms with Gasteiger partial charge in [-0.3, -0.25) is 0 Å². The molecule has 0 aliphatic carbocycles. The predicted molar refractivity (Wildman–Crippen MR) is 112 cm³/mol. The van der Waals surface area contributed by atoms with Crippen molar-refractivity contribution in [3.05, 3.63) is 11.9 Å². The Kier molecular flexibility index (Phi) is 8.48. The Labute approximate surface area is 171 Å². The molecular formula is C20H38N4O3S. The van der Waals surface area contributed by atoms with Gasteiger partial charge in [0.2, 0.25) is 15.0 Å². The molecule has 0 spiro atoms. The summed E-state index contributed by atoms with van der Waals surface area (Å²) in [5.41, 5.74) is 0.608. The second kappa shape index (κ2) is 10.2. The molecule has 2 rings (SSSR count).